The summed E-state index contributed by atoms with van der Waals surface area (Å²) in [5.41, 5.74) is -1.01. The molecule has 2 atom stereocenters. The molecule has 1 fully saturated rings. The van der Waals surface area contributed by atoms with E-state index in [1.54, 1.807) is 0 Å². The van der Waals surface area contributed by atoms with Crippen LogP contribution in [0.4, 0.5) is 13.2 Å². The van der Waals surface area contributed by atoms with Crippen molar-refractivity contribution >= 4 is 0 Å². The predicted molar refractivity (Wildman–Crippen MR) is 68.1 cm³/mol. The van der Waals surface area contributed by atoms with Crippen molar-refractivity contribution < 1.29 is 18.3 Å². The van der Waals surface area contributed by atoms with Crippen LogP contribution < -0.4 is 5.32 Å². The highest BCUT2D eigenvalue weighted by molar-refractivity contribution is 5.08. The van der Waals surface area contributed by atoms with Crippen LogP contribution in [0, 0.1) is 5.92 Å². The third-order valence-electron chi connectivity index (χ3n) is 4.40. The van der Waals surface area contributed by atoms with E-state index >= 15 is 0 Å². The monoisotopic (exact) mass is 291 g/mol. The molecule has 7 heteroatoms. The van der Waals surface area contributed by atoms with Crippen LogP contribution in [0.3, 0.4) is 0 Å². The number of aromatic nitrogens is 2. The molecule has 2 rings (SSSR count). The Balaban J connectivity index is 1.97. The van der Waals surface area contributed by atoms with Gasteiger partial charge in [-0.2, -0.15) is 18.3 Å². The molecule has 0 saturated heterocycles. The van der Waals surface area contributed by atoms with Gasteiger partial charge in [0.2, 0.25) is 0 Å². The lowest BCUT2D eigenvalue weighted by Gasteiger charge is -2.33. The van der Waals surface area contributed by atoms with Crippen LogP contribution in [-0.4, -0.2) is 34.1 Å². The zero-order chi connectivity index (χ0) is 14.8. The average molecular weight is 291 g/mol. The summed E-state index contributed by atoms with van der Waals surface area (Å²) in [4.78, 5) is 0. The smallest absolute Gasteiger partial charge is 0.394 e. The maximum Gasteiger partial charge on any atom is 0.419 e. The first kappa shape index (κ1) is 15.3. The van der Waals surface area contributed by atoms with Crippen molar-refractivity contribution in [3.8, 4) is 0 Å². The zero-order valence-electron chi connectivity index (χ0n) is 11.5. The molecule has 0 aromatic carbocycles. The Bertz CT molecular complexity index is 440. The van der Waals surface area contributed by atoms with E-state index in [4.69, 9.17) is 0 Å². The molecule has 1 aliphatic rings. The Morgan fingerprint density at radius 2 is 2.30 bits per heavy atom. The standard InChI is InChI=1S/C13H20F3N3O/c1-17-12(9-20)5-2-3-10(12)4-6-19-8-11(7-18-19)13(14,15)16/h7-8,10,17,20H,2-6,9H2,1H3. The van der Waals surface area contributed by atoms with Gasteiger partial charge in [0.15, 0.2) is 0 Å². The van der Waals surface area contributed by atoms with Gasteiger partial charge in [-0.25, -0.2) is 0 Å². The highest BCUT2D eigenvalue weighted by Crippen LogP contribution is 2.37. The van der Waals surface area contributed by atoms with Gasteiger partial charge in [-0.3, -0.25) is 4.68 Å². The lowest BCUT2D eigenvalue weighted by molar-refractivity contribution is -0.137. The molecule has 2 unspecified atom stereocenters. The van der Waals surface area contributed by atoms with Gasteiger partial charge in [0.05, 0.1) is 18.4 Å². The Kier molecular flexibility index (Phi) is 4.39. The van der Waals surface area contributed by atoms with E-state index in [1.165, 1.54) is 4.68 Å². The van der Waals surface area contributed by atoms with E-state index in [-0.39, 0.29) is 18.1 Å². The van der Waals surface area contributed by atoms with Crippen LogP contribution in [0.1, 0.15) is 31.2 Å². The molecule has 20 heavy (non-hydrogen) atoms. The summed E-state index contributed by atoms with van der Waals surface area (Å²) in [6.45, 7) is 0.491. The molecule has 1 saturated carbocycles. The Hall–Kier alpha value is -1.08. The van der Waals surface area contributed by atoms with Crippen molar-refractivity contribution in [1.29, 1.82) is 0 Å². The minimum absolute atomic E-state index is 0.0566. The average Bonchev–Trinajstić information content (AvgIpc) is 3.02. The second-order valence-corrected chi connectivity index (χ2v) is 5.43. The summed E-state index contributed by atoms with van der Waals surface area (Å²) in [6.07, 6.45) is 1.16. The van der Waals surface area contributed by atoms with Crippen LogP contribution in [0.5, 0.6) is 0 Å². The fraction of sp³-hybridized carbons (Fsp3) is 0.769. The highest BCUT2D eigenvalue weighted by Gasteiger charge is 2.40. The number of halogens is 3. The van der Waals surface area contributed by atoms with E-state index in [0.717, 1.165) is 31.7 Å². The molecule has 0 radical (unpaired) electrons. The molecule has 0 amide bonds. The summed E-state index contributed by atoms with van der Waals surface area (Å²) in [5.74, 6) is 0.260. The molecule has 1 aliphatic carbocycles. The number of nitrogens with one attached hydrogen (secondary N) is 1. The molecule has 114 valence electrons. The summed E-state index contributed by atoms with van der Waals surface area (Å²) < 4.78 is 38.8. The maximum absolute atomic E-state index is 12.5. The minimum Gasteiger partial charge on any atom is -0.394 e. The van der Waals surface area contributed by atoms with Crippen molar-refractivity contribution in [2.45, 2.75) is 43.9 Å². The van der Waals surface area contributed by atoms with E-state index in [1.807, 2.05) is 7.05 Å². The molecule has 1 aromatic rings. The quantitative estimate of drug-likeness (QED) is 0.873. The van der Waals surface area contributed by atoms with E-state index in [9.17, 15) is 18.3 Å². The Morgan fingerprint density at radius 3 is 2.85 bits per heavy atom. The number of nitrogens with zero attached hydrogens (tertiary/aromatic N) is 2. The molecular weight excluding hydrogens is 271 g/mol. The number of hydrogen-bond acceptors (Lipinski definition) is 3. The van der Waals surface area contributed by atoms with Crippen LogP contribution in [0.2, 0.25) is 0 Å². The van der Waals surface area contributed by atoms with Crippen molar-refractivity contribution in [3.05, 3.63) is 18.0 Å². The number of aliphatic hydroxyl groups is 1. The predicted octanol–water partition coefficient (Wildman–Crippen LogP) is 2.04. The molecule has 1 aromatic heterocycles. The zero-order valence-corrected chi connectivity index (χ0v) is 11.5. The lowest BCUT2D eigenvalue weighted by atomic mass is 9.85. The Labute approximate surface area is 116 Å². The largest absolute Gasteiger partial charge is 0.419 e. The Morgan fingerprint density at radius 1 is 1.55 bits per heavy atom. The van der Waals surface area contributed by atoms with Gasteiger partial charge in [-0.05, 0) is 32.2 Å². The number of likely N-dealkylation sites (N-methyl/N-ethyl adjacent to an activating group) is 1. The molecule has 1 heterocycles. The van der Waals surface area contributed by atoms with E-state index in [2.05, 4.69) is 10.4 Å². The lowest BCUT2D eigenvalue weighted by Crippen LogP contribution is -2.49. The van der Waals surface area contributed by atoms with Gasteiger partial charge >= 0.3 is 6.18 Å². The maximum atomic E-state index is 12.5. The first-order valence-electron chi connectivity index (χ1n) is 6.81. The van der Waals surface area contributed by atoms with Crippen molar-refractivity contribution in [2.24, 2.45) is 5.92 Å². The second kappa shape index (κ2) is 5.73. The summed E-state index contributed by atoms with van der Waals surface area (Å²) in [5, 5.41) is 16.5. The third kappa shape index (κ3) is 2.98. The number of aliphatic hydroxyl groups excluding tert-OH is 1. The number of hydrogen-bond donors (Lipinski definition) is 2. The van der Waals surface area contributed by atoms with Crippen LogP contribution in [-0.2, 0) is 12.7 Å². The van der Waals surface area contributed by atoms with Crippen LogP contribution >= 0.6 is 0 Å². The summed E-state index contributed by atoms with van der Waals surface area (Å²) in [7, 11) is 1.82. The van der Waals surface area contributed by atoms with Crippen LogP contribution in [0.25, 0.3) is 0 Å². The fourth-order valence-electron chi connectivity index (χ4n) is 3.10. The molecular formula is C13H20F3N3O. The minimum atomic E-state index is -4.34. The second-order valence-electron chi connectivity index (χ2n) is 5.43. The van der Waals surface area contributed by atoms with Crippen molar-refractivity contribution in [3.63, 3.8) is 0 Å². The number of aryl methyl sites for hydroxylation is 1. The van der Waals surface area contributed by atoms with Gasteiger partial charge in [0.1, 0.15) is 0 Å². The SMILES string of the molecule is CNC1(CO)CCCC1CCn1cc(C(F)(F)F)cn1. The van der Waals surface area contributed by atoms with Gasteiger partial charge in [-0.15, -0.1) is 0 Å². The van der Waals surface area contributed by atoms with Gasteiger partial charge in [-0.1, -0.05) is 6.42 Å². The first-order valence-corrected chi connectivity index (χ1v) is 6.81. The molecule has 4 nitrogen and oxygen atoms in total. The molecule has 0 aliphatic heterocycles. The third-order valence-corrected chi connectivity index (χ3v) is 4.40. The van der Waals surface area contributed by atoms with Gasteiger partial charge < -0.3 is 10.4 Å². The number of rotatable bonds is 5. The van der Waals surface area contributed by atoms with Gasteiger partial charge in [0.25, 0.3) is 0 Å². The normalized spacial score (nSPS) is 27.1. The van der Waals surface area contributed by atoms with E-state index < -0.39 is 11.7 Å². The molecule has 0 spiro atoms. The summed E-state index contributed by atoms with van der Waals surface area (Å²) >= 11 is 0. The topological polar surface area (TPSA) is 50.1 Å². The fourth-order valence-corrected chi connectivity index (χ4v) is 3.10. The summed E-state index contributed by atoms with van der Waals surface area (Å²) in [6, 6.07) is 0. The van der Waals surface area contributed by atoms with Crippen LogP contribution in [0.15, 0.2) is 12.4 Å². The highest BCUT2D eigenvalue weighted by atomic mass is 19.4. The first-order chi connectivity index (χ1) is 9.41. The number of alkyl halides is 3. The van der Waals surface area contributed by atoms with Crippen molar-refractivity contribution in [2.75, 3.05) is 13.7 Å². The molecule has 0 bridgehead atoms. The van der Waals surface area contributed by atoms with Gasteiger partial charge in [0, 0.05) is 18.3 Å². The van der Waals surface area contributed by atoms with E-state index in [0.29, 0.717) is 13.0 Å². The van der Waals surface area contributed by atoms with Crippen molar-refractivity contribution in [1.82, 2.24) is 15.1 Å². The molecule has 2 N–H and O–H groups in total.